The van der Waals surface area contributed by atoms with Crippen LogP contribution in [0, 0.1) is 0 Å². The molecular weight excluding hydrogens is 330 g/mol. The third kappa shape index (κ3) is 2.80. The van der Waals surface area contributed by atoms with Crippen molar-refractivity contribution in [2.75, 3.05) is 21.3 Å². The summed E-state index contributed by atoms with van der Waals surface area (Å²) in [5, 5.41) is 3.32. The molecule has 3 aromatic rings. The van der Waals surface area contributed by atoms with Crippen LogP contribution < -0.4 is 19.8 Å². The molecule has 0 spiro atoms. The number of methoxy groups -OCH3 is 3. The minimum Gasteiger partial charge on any atom is -0.493 e. The molecule has 0 saturated carbocycles. The highest BCUT2D eigenvalue weighted by molar-refractivity contribution is 7.09. The van der Waals surface area contributed by atoms with Crippen LogP contribution in [0.2, 0.25) is 0 Å². The Labute approximate surface area is 142 Å². The highest BCUT2D eigenvalue weighted by Crippen LogP contribution is 2.41. The van der Waals surface area contributed by atoms with Crippen LogP contribution in [0.25, 0.3) is 10.9 Å². The van der Waals surface area contributed by atoms with Crippen LogP contribution in [0.1, 0.15) is 5.01 Å². The van der Waals surface area contributed by atoms with Crippen LogP contribution >= 0.6 is 11.3 Å². The van der Waals surface area contributed by atoms with E-state index in [2.05, 4.69) is 9.97 Å². The fraction of sp³-hybridized carbons (Fsp3) is 0.312. The van der Waals surface area contributed by atoms with Crippen molar-refractivity contribution >= 4 is 22.2 Å². The van der Waals surface area contributed by atoms with Crippen molar-refractivity contribution in [2.24, 2.45) is 0 Å². The Morgan fingerprint density at radius 3 is 2.54 bits per heavy atom. The molecule has 3 rings (SSSR count). The zero-order chi connectivity index (χ0) is 17.1. The second-order valence-electron chi connectivity index (χ2n) is 4.96. The molecule has 126 valence electrons. The Morgan fingerprint density at radius 2 is 1.92 bits per heavy atom. The molecule has 7 nitrogen and oxygen atoms in total. The van der Waals surface area contributed by atoms with Crippen LogP contribution in [0.5, 0.6) is 17.2 Å². The zero-order valence-electron chi connectivity index (χ0n) is 13.6. The number of aryl methyl sites for hydroxylation is 2. The molecule has 0 radical (unpaired) electrons. The molecule has 0 aliphatic rings. The lowest BCUT2D eigenvalue weighted by Crippen LogP contribution is -2.22. The molecule has 0 bridgehead atoms. The lowest BCUT2D eigenvalue weighted by atomic mass is 10.2. The first kappa shape index (κ1) is 16.3. The van der Waals surface area contributed by atoms with Crippen molar-refractivity contribution in [3.05, 3.63) is 39.3 Å². The van der Waals surface area contributed by atoms with Gasteiger partial charge in [0, 0.05) is 24.5 Å². The van der Waals surface area contributed by atoms with Crippen LogP contribution in [0.15, 0.2) is 28.8 Å². The summed E-state index contributed by atoms with van der Waals surface area (Å²) in [5.41, 5.74) is 0.293. The van der Waals surface area contributed by atoms with E-state index in [9.17, 15) is 4.79 Å². The molecule has 0 aliphatic carbocycles. The summed E-state index contributed by atoms with van der Waals surface area (Å²) >= 11 is 1.57. The van der Waals surface area contributed by atoms with Crippen LogP contribution in [0.4, 0.5) is 0 Å². The van der Waals surface area contributed by atoms with Crippen molar-refractivity contribution in [3.63, 3.8) is 0 Å². The molecule has 0 fully saturated rings. The summed E-state index contributed by atoms with van der Waals surface area (Å²) in [5.74, 6) is 1.23. The van der Waals surface area contributed by atoms with Crippen molar-refractivity contribution in [2.45, 2.75) is 13.0 Å². The monoisotopic (exact) mass is 347 g/mol. The number of fused-ring (bicyclic) bond motifs is 1. The van der Waals surface area contributed by atoms with Gasteiger partial charge >= 0.3 is 0 Å². The quantitative estimate of drug-likeness (QED) is 0.680. The SMILES string of the molecule is COc1cc2c(=O)n(CCc3nccs3)cnc2c(OC)c1OC. The van der Waals surface area contributed by atoms with E-state index in [1.165, 1.54) is 27.7 Å². The van der Waals surface area contributed by atoms with Gasteiger partial charge in [0.05, 0.1) is 38.1 Å². The van der Waals surface area contributed by atoms with E-state index in [0.717, 1.165) is 5.01 Å². The molecule has 0 aliphatic heterocycles. The van der Waals surface area contributed by atoms with E-state index in [-0.39, 0.29) is 5.56 Å². The molecular formula is C16H17N3O4S. The van der Waals surface area contributed by atoms with E-state index < -0.39 is 0 Å². The predicted molar refractivity (Wildman–Crippen MR) is 91.5 cm³/mol. The van der Waals surface area contributed by atoms with Crippen molar-refractivity contribution in [1.82, 2.24) is 14.5 Å². The zero-order valence-corrected chi connectivity index (χ0v) is 14.4. The minimum absolute atomic E-state index is 0.157. The molecule has 0 N–H and O–H groups in total. The highest BCUT2D eigenvalue weighted by Gasteiger charge is 2.19. The van der Waals surface area contributed by atoms with E-state index in [4.69, 9.17) is 14.2 Å². The lowest BCUT2D eigenvalue weighted by molar-refractivity contribution is 0.326. The maximum atomic E-state index is 12.8. The largest absolute Gasteiger partial charge is 0.493 e. The third-order valence-electron chi connectivity index (χ3n) is 3.67. The predicted octanol–water partition coefficient (Wildman–Crippen LogP) is 2.12. The number of aromatic nitrogens is 3. The number of ether oxygens (including phenoxy) is 3. The van der Waals surface area contributed by atoms with E-state index in [1.807, 2.05) is 5.38 Å². The Bertz CT molecular complexity index is 906. The van der Waals surface area contributed by atoms with Gasteiger partial charge in [-0.05, 0) is 6.07 Å². The number of hydrogen-bond donors (Lipinski definition) is 0. The first-order valence-corrected chi connectivity index (χ1v) is 8.14. The first-order valence-electron chi connectivity index (χ1n) is 7.26. The molecule has 0 unspecified atom stereocenters. The summed E-state index contributed by atoms with van der Waals surface area (Å²) in [6.07, 6.45) is 3.95. The number of thiazole rings is 1. The van der Waals surface area contributed by atoms with Crippen molar-refractivity contribution < 1.29 is 14.2 Å². The van der Waals surface area contributed by atoms with Gasteiger partial charge in [-0.2, -0.15) is 0 Å². The number of hydrogen-bond acceptors (Lipinski definition) is 7. The molecule has 2 aromatic heterocycles. The summed E-state index contributed by atoms with van der Waals surface area (Å²) < 4.78 is 17.6. The molecule has 8 heteroatoms. The lowest BCUT2D eigenvalue weighted by Gasteiger charge is -2.14. The van der Waals surface area contributed by atoms with Crippen LogP contribution in [-0.2, 0) is 13.0 Å². The van der Waals surface area contributed by atoms with Gasteiger partial charge < -0.3 is 14.2 Å². The molecule has 2 heterocycles. The standard InChI is InChI=1S/C16H17N3O4S/c1-21-11-8-10-13(15(23-3)14(11)22-2)18-9-19(16(10)20)6-4-12-17-5-7-24-12/h5,7-9H,4,6H2,1-3H3. The normalized spacial score (nSPS) is 10.8. The van der Waals surface area contributed by atoms with E-state index in [1.54, 1.807) is 28.2 Å². The topological polar surface area (TPSA) is 75.5 Å². The van der Waals surface area contributed by atoms with E-state index in [0.29, 0.717) is 41.1 Å². The van der Waals surface area contributed by atoms with Gasteiger partial charge in [0.25, 0.3) is 5.56 Å². The molecule has 24 heavy (non-hydrogen) atoms. The van der Waals surface area contributed by atoms with Crippen LogP contribution in [-0.4, -0.2) is 35.9 Å². The number of nitrogens with zero attached hydrogens (tertiary/aromatic N) is 3. The van der Waals surface area contributed by atoms with Gasteiger partial charge in [-0.3, -0.25) is 9.36 Å². The summed E-state index contributed by atoms with van der Waals surface area (Å²) in [6, 6.07) is 1.63. The van der Waals surface area contributed by atoms with Crippen LogP contribution in [0.3, 0.4) is 0 Å². The number of benzene rings is 1. The van der Waals surface area contributed by atoms with Crippen molar-refractivity contribution in [3.8, 4) is 17.2 Å². The third-order valence-corrected chi connectivity index (χ3v) is 4.51. The maximum absolute atomic E-state index is 12.8. The highest BCUT2D eigenvalue weighted by atomic mass is 32.1. The molecule has 0 amide bonds. The van der Waals surface area contributed by atoms with Gasteiger partial charge in [-0.1, -0.05) is 0 Å². The summed E-state index contributed by atoms with van der Waals surface area (Å²) in [7, 11) is 4.54. The van der Waals surface area contributed by atoms with E-state index >= 15 is 0 Å². The Balaban J connectivity index is 2.09. The second-order valence-corrected chi connectivity index (χ2v) is 5.94. The molecule has 1 aromatic carbocycles. The smallest absolute Gasteiger partial charge is 0.261 e. The Morgan fingerprint density at radius 1 is 1.12 bits per heavy atom. The van der Waals surface area contributed by atoms with Gasteiger partial charge in [0.1, 0.15) is 5.52 Å². The first-order chi connectivity index (χ1) is 11.7. The van der Waals surface area contributed by atoms with Crippen molar-refractivity contribution in [1.29, 1.82) is 0 Å². The van der Waals surface area contributed by atoms with Gasteiger partial charge in [0.15, 0.2) is 11.5 Å². The average Bonchev–Trinajstić information content (AvgIpc) is 3.13. The molecule has 0 saturated heterocycles. The maximum Gasteiger partial charge on any atom is 0.261 e. The Kier molecular flexibility index (Phi) is 4.66. The molecule has 0 atom stereocenters. The second kappa shape index (κ2) is 6.88. The average molecular weight is 347 g/mol. The number of rotatable bonds is 6. The van der Waals surface area contributed by atoms with Gasteiger partial charge in [0.2, 0.25) is 5.75 Å². The summed E-state index contributed by atoms with van der Waals surface area (Å²) in [6.45, 7) is 0.506. The summed E-state index contributed by atoms with van der Waals surface area (Å²) in [4.78, 5) is 21.4. The van der Waals surface area contributed by atoms with Gasteiger partial charge in [-0.15, -0.1) is 11.3 Å². The van der Waals surface area contributed by atoms with Gasteiger partial charge in [-0.25, -0.2) is 9.97 Å². The fourth-order valence-electron chi connectivity index (χ4n) is 2.52. The minimum atomic E-state index is -0.157. The fourth-order valence-corrected chi connectivity index (χ4v) is 3.13. The Hall–Kier alpha value is -2.61.